The van der Waals surface area contributed by atoms with E-state index in [1.54, 1.807) is 12.1 Å². The second-order valence-corrected chi connectivity index (χ2v) is 7.04. The molecule has 0 amide bonds. The molecule has 1 atom stereocenters. The van der Waals surface area contributed by atoms with Gasteiger partial charge in [-0.15, -0.1) is 0 Å². The number of hydrogen-bond donors (Lipinski definition) is 0. The second-order valence-electron chi connectivity index (χ2n) is 6.63. The highest BCUT2D eigenvalue weighted by Crippen LogP contribution is 2.29. The molecule has 1 aromatic heterocycles. The van der Waals surface area contributed by atoms with Gasteiger partial charge in [0.25, 0.3) is 0 Å². The topological polar surface area (TPSA) is 42.2 Å². The minimum Gasteiger partial charge on any atom is -0.339 e. The zero-order valence-corrected chi connectivity index (χ0v) is 15.0. The van der Waals surface area contributed by atoms with Crippen LogP contribution in [0.15, 0.2) is 53.1 Å². The molecule has 1 aliphatic rings. The van der Waals surface area contributed by atoms with Crippen LogP contribution in [-0.4, -0.2) is 28.1 Å². The number of likely N-dealkylation sites (tertiary alicyclic amines) is 1. The Morgan fingerprint density at radius 3 is 2.92 bits per heavy atom. The molecule has 6 heteroatoms. The van der Waals surface area contributed by atoms with Crippen LogP contribution in [0.1, 0.15) is 30.2 Å². The van der Waals surface area contributed by atoms with Gasteiger partial charge in [0.05, 0.1) is 5.92 Å². The van der Waals surface area contributed by atoms with Crippen molar-refractivity contribution in [1.82, 2.24) is 15.0 Å². The Balaban J connectivity index is 1.47. The quantitative estimate of drug-likeness (QED) is 0.653. The molecule has 1 aliphatic heterocycles. The van der Waals surface area contributed by atoms with Gasteiger partial charge < -0.3 is 4.52 Å². The molecule has 1 unspecified atom stereocenters. The van der Waals surface area contributed by atoms with E-state index in [1.807, 2.05) is 18.2 Å². The van der Waals surface area contributed by atoms with E-state index in [2.05, 4.69) is 21.1 Å². The van der Waals surface area contributed by atoms with Crippen LogP contribution in [0.3, 0.4) is 0 Å². The summed E-state index contributed by atoms with van der Waals surface area (Å²) in [5.41, 5.74) is 1.75. The zero-order chi connectivity index (χ0) is 17.9. The lowest BCUT2D eigenvalue weighted by Crippen LogP contribution is -2.34. The van der Waals surface area contributed by atoms with Crippen molar-refractivity contribution < 1.29 is 8.91 Å². The maximum atomic E-state index is 13.4. The minimum atomic E-state index is -0.308. The molecule has 134 valence electrons. The molecule has 4 rings (SSSR count). The van der Waals surface area contributed by atoms with E-state index in [0.29, 0.717) is 17.3 Å². The fourth-order valence-corrected chi connectivity index (χ4v) is 3.61. The number of halogens is 2. The lowest BCUT2D eigenvalue weighted by molar-refractivity contribution is 0.180. The van der Waals surface area contributed by atoms with E-state index >= 15 is 0 Å². The number of piperidine rings is 1. The lowest BCUT2D eigenvalue weighted by atomic mass is 9.97. The van der Waals surface area contributed by atoms with Gasteiger partial charge in [-0.2, -0.15) is 4.98 Å². The van der Waals surface area contributed by atoms with E-state index in [-0.39, 0.29) is 11.7 Å². The molecule has 0 aliphatic carbocycles. The summed E-state index contributed by atoms with van der Waals surface area (Å²) >= 11 is 6.28. The summed E-state index contributed by atoms with van der Waals surface area (Å²) in [7, 11) is 0. The molecule has 2 aromatic carbocycles. The predicted molar refractivity (Wildman–Crippen MR) is 98.4 cm³/mol. The third kappa shape index (κ3) is 3.79. The van der Waals surface area contributed by atoms with Crippen LogP contribution >= 0.6 is 11.6 Å². The average Bonchev–Trinajstić information content (AvgIpc) is 3.14. The van der Waals surface area contributed by atoms with Crippen LogP contribution in [0.5, 0.6) is 0 Å². The van der Waals surface area contributed by atoms with E-state index in [4.69, 9.17) is 16.1 Å². The van der Waals surface area contributed by atoms with Gasteiger partial charge in [0.1, 0.15) is 5.82 Å². The molecular formula is C20H19ClFN3O. The predicted octanol–water partition coefficient (Wildman–Crippen LogP) is 4.91. The Morgan fingerprint density at radius 2 is 2.08 bits per heavy atom. The molecule has 4 nitrogen and oxygen atoms in total. The first-order valence-electron chi connectivity index (χ1n) is 8.74. The van der Waals surface area contributed by atoms with Gasteiger partial charge in [-0.05, 0) is 43.1 Å². The molecule has 0 radical (unpaired) electrons. The normalized spacial score (nSPS) is 18.2. The van der Waals surface area contributed by atoms with Crippen molar-refractivity contribution in [3.05, 3.63) is 70.8 Å². The summed E-state index contributed by atoms with van der Waals surface area (Å²) in [5.74, 6) is 0.925. The van der Waals surface area contributed by atoms with Gasteiger partial charge in [-0.25, -0.2) is 4.39 Å². The largest absolute Gasteiger partial charge is 0.339 e. The number of nitrogens with zero attached hydrogens (tertiary/aromatic N) is 3. The Labute approximate surface area is 156 Å². The molecule has 0 spiro atoms. The lowest BCUT2D eigenvalue weighted by Gasteiger charge is -2.31. The number of benzene rings is 2. The smallest absolute Gasteiger partial charge is 0.231 e. The van der Waals surface area contributed by atoms with Crippen molar-refractivity contribution in [3.63, 3.8) is 0 Å². The average molecular weight is 372 g/mol. The molecule has 1 fully saturated rings. The van der Waals surface area contributed by atoms with E-state index in [0.717, 1.165) is 43.1 Å². The molecule has 26 heavy (non-hydrogen) atoms. The van der Waals surface area contributed by atoms with Crippen LogP contribution in [0.4, 0.5) is 4.39 Å². The summed E-state index contributed by atoms with van der Waals surface area (Å²) in [6.07, 6.45) is 2.07. The van der Waals surface area contributed by atoms with Crippen molar-refractivity contribution in [1.29, 1.82) is 0 Å². The van der Waals surface area contributed by atoms with Gasteiger partial charge >= 0.3 is 0 Å². The van der Waals surface area contributed by atoms with Crippen LogP contribution in [0.25, 0.3) is 11.4 Å². The van der Waals surface area contributed by atoms with Gasteiger partial charge in [0, 0.05) is 23.7 Å². The van der Waals surface area contributed by atoms with Crippen LogP contribution in [0, 0.1) is 5.82 Å². The number of aromatic nitrogens is 2. The minimum absolute atomic E-state index is 0.182. The Kier molecular flexibility index (Phi) is 5.00. The van der Waals surface area contributed by atoms with Gasteiger partial charge in [-0.1, -0.05) is 47.1 Å². The van der Waals surface area contributed by atoms with Crippen LogP contribution in [-0.2, 0) is 6.54 Å². The fourth-order valence-electron chi connectivity index (χ4n) is 3.41. The van der Waals surface area contributed by atoms with Crippen molar-refractivity contribution in [2.45, 2.75) is 25.3 Å². The third-order valence-corrected chi connectivity index (χ3v) is 5.10. The van der Waals surface area contributed by atoms with Crippen LogP contribution < -0.4 is 0 Å². The Bertz CT molecular complexity index is 898. The molecule has 0 N–H and O–H groups in total. The van der Waals surface area contributed by atoms with E-state index in [1.165, 1.54) is 12.1 Å². The molecule has 2 heterocycles. The summed E-state index contributed by atoms with van der Waals surface area (Å²) in [6, 6.07) is 14.2. The Morgan fingerprint density at radius 1 is 1.19 bits per heavy atom. The van der Waals surface area contributed by atoms with Crippen molar-refractivity contribution in [2.75, 3.05) is 13.1 Å². The van der Waals surface area contributed by atoms with Gasteiger partial charge in [0.2, 0.25) is 11.7 Å². The van der Waals surface area contributed by atoms with Gasteiger partial charge in [-0.3, -0.25) is 4.90 Å². The summed E-state index contributed by atoms with van der Waals surface area (Å²) < 4.78 is 18.9. The van der Waals surface area contributed by atoms with Crippen molar-refractivity contribution >= 4 is 11.6 Å². The Hall–Kier alpha value is -2.24. The first-order valence-corrected chi connectivity index (χ1v) is 9.12. The van der Waals surface area contributed by atoms with Crippen molar-refractivity contribution in [2.24, 2.45) is 0 Å². The molecule has 1 saturated heterocycles. The van der Waals surface area contributed by atoms with E-state index in [9.17, 15) is 4.39 Å². The van der Waals surface area contributed by atoms with Crippen LogP contribution in [0.2, 0.25) is 5.02 Å². The number of hydrogen-bond acceptors (Lipinski definition) is 4. The molecule has 0 bridgehead atoms. The highest BCUT2D eigenvalue weighted by molar-refractivity contribution is 6.31. The summed E-state index contributed by atoms with van der Waals surface area (Å²) in [4.78, 5) is 6.87. The summed E-state index contributed by atoms with van der Waals surface area (Å²) in [5, 5.41) is 4.83. The fraction of sp³-hybridized carbons (Fsp3) is 0.300. The maximum absolute atomic E-state index is 13.4. The highest BCUT2D eigenvalue weighted by atomic mass is 35.5. The summed E-state index contributed by atoms with van der Waals surface area (Å²) in [6.45, 7) is 2.67. The SMILES string of the molecule is Fc1cccc(-c2noc(C3CCCN(Cc4ccccc4Cl)C3)n2)c1. The zero-order valence-electron chi connectivity index (χ0n) is 14.2. The molecule has 3 aromatic rings. The van der Waals surface area contributed by atoms with Gasteiger partial charge in [0.15, 0.2) is 0 Å². The number of rotatable bonds is 4. The highest BCUT2D eigenvalue weighted by Gasteiger charge is 2.26. The third-order valence-electron chi connectivity index (χ3n) is 4.73. The molecule has 0 saturated carbocycles. The maximum Gasteiger partial charge on any atom is 0.231 e. The second kappa shape index (κ2) is 7.56. The van der Waals surface area contributed by atoms with Crippen molar-refractivity contribution in [3.8, 4) is 11.4 Å². The standard InChI is InChI=1S/C20H19ClFN3O/c21-18-9-2-1-5-15(18)12-25-10-4-7-16(13-25)20-23-19(24-26-20)14-6-3-8-17(22)11-14/h1-3,5-6,8-9,11,16H,4,7,10,12-13H2. The van der Waals surface area contributed by atoms with E-state index < -0.39 is 0 Å². The first-order chi connectivity index (χ1) is 12.7. The monoisotopic (exact) mass is 371 g/mol. The molecular weight excluding hydrogens is 353 g/mol. The first kappa shape index (κ1) is 17.2.